The van der Waals surface area contributed by atoms with E-state index in [0.29, 0.717) is 24.4 Å². The molecule has 154 valence electrons. The summed E-state index contributed by atoms with van der Waals surface area (Å²) >= 11 is 0. The molecule has 30 heavy (non-hydrogen) atoms. The first-order chi connectivity index (χ1) is 14.4. The van der Waals surface area contributed by atoms with Gasteiger partial charge in [0.05, 0.1) is 28.7 Å². The second kappa shape index (κ2) is 7.94. The number of carbonyl (C=O) groups excluding carboxylic acids is 2. The van der Waals surface area contributed by atoms with E-state index in [-0.39, 0.29) is 29.7 Å². The summed E-state index contributed by atoms with van der Waals surface area (Å²) in [5, 5.41) is 0. The van der Waals surface area contributed by atoms with Gasteiger partial charge in [-0.15, -0.1) is 6.42 Å². The second-order valence-electron chi connectivity index (χ2n) is 7.14. The maximum atomic E-state index is 13.3. The minimum absolute atomic E-state index is 0.0171. The van der Waals surface area contributed by atoms with Gasteiger partial charge in [0.15, 0.2) is 0 Å². The second-order valence-corrected chi connectivity index (χ2v) is 9.03. The van der Waals surface area contributed by atoms with Crippen LogP contribution in [0.15, 0.2) is 53.4 Å². The molecule has 0 spiro atoms. The molecule has 0 N–H and O–H groups in total. The molecule has 0 aliphatic carbocycles. The predicted molar refractivity (Wildman–Crippen MR) is 111 cm³/mol. The van der Waals surface area contributed by atoms with Gasteiger partial charge in [-0.2, -0.15) is 4.31 Å². The molecule has 0 aromatic heterocycles. The fraction of sp³-hybridized carbons (Fsp3) is 0.273. The van der Waals surface area contributed by atoms with Crippen molar-refractivity contribution in [2.75, 3.05) is 24.6 Å². The van der Waals surface area contributed by atoms with Gasteiger partial charge in [-0.05, 0) is 43.2 Å². The van der Waals surface area contributed by atoms with Crippen LogP contribution in [0.1, 0.15) is 23.2 Å². The number of para-hydroxylation sites is 1. The molecule has 0 bridgehead atoms. The molecule has 1 amide bonds. The number of hydrogen-bond donors (Lipinski definition) is 0. The highest BCUT2D eigenvalue weighted by Crippen LogP contribution is 2.33. The molecule has 2 heterocycles. The minimum atomic E-state index is -3.85. The quantitative estimate of drug-likeness (QED) is 0.524. The lowest BCUT2D eigenvalue weighted by atomic mass is 10.1. The van der Waals surface area contributed by atoms with Crippen LogP contribution < -0.4 is 9.64 Å². The number of Topliss-reactive ketones (excluding diaryl/α,β-unsaturated/α-hetero) is 1. The highest BCUT2D eigenvalue weighted by Gasteiger charge is 2.39. The van der Waals surface area contributed by atoms with Crippen molar-refractivity contribution in [2.45, 2.75) is 23.8 Å². The van der Waals surface area contributed by atoms with E-state index in [1.54, 1.807) is 0 Å². The van der Waals surface area contributed by atoms with E-state index < -0.39 is 21.7 Å². The molecule has 1 fully saturated rings. The minimum Gasteiger partial charge on any atom is -0.492 e. The Labute approximate surface area is 175 Å². The molecule has 2 aliphatic heterocycles. The van der Waals surface area contributed by atoms with Crippen molar-refractivity contribution >= 4 is 27.4 Å². The van der Waals surface area contributed by atoms with E-state index >= 15 is 0 Å². The van der Waals surface area contributed by atoms with Crippen LogP contribution in [0, 0.1) is 12.3 Å². The van der Waals surface area contributed by atoms with Crippen molar-refractivity contribution in [2.24, 2.45) is 0 Å². The van der Waals surface area contributed by atoms with Crippen LogP contribution in [0.4, 0.5) is 5.69 Å². The van der Waals surface area contributed by atoms with E-state index in [9.17, 15) is 18.0 Å². The molecule has 2 aromatic rings. The molecule has 4 rings (SSSR count). The zero-order chi connectivity index (χ0) is 21.3. The van der Waals surface area contributed by atoms with Crippen LogP contribution in [-0.2, 0) is 14.8 Å². The molecular formula is C22H20N2O5S. The highest BCUT2D eigenvalue weighted by atomic mass is 32.2. The van der Waals surface area contributed by atoms with Gasteiger partial charge >= 0.3 is 0 Å². The first-order valence-electron chi connectivity index (χ1n) is 9.57. The van der Waals surface area contributed by atoms with Crippen LogP contribution in [-0.4, -0.2) is 50.2 Å². The van der Waals surface area contributed by atoms with Crippen LogP contribution in [0.3, 0.4) is 0 Å². The van der Waals surface area contributed by atoms with Gasteiger partial charge in [0, 0.05) is 6.54 Å². The lowest BCUT2D eigenvalue weighted by Gasteiger charge is -2.24. The van der Waals surface area contributed by atoms with Crippen LogP contribution in [0.25, 0.3) is 0 Å². The Bertz CT molecular complexity index is 1140. The molecule has 2 aliphatic rings. The first kappa shape index (κ1) is 20.1. The van der Waals surface area contributed by atoms with E-state index in [1.165, 1.54) is 27.4 Å². The summed E-state index contributed by atoms with van der Waals surface area (Å²) in [4.78, 5) is 25.6. The SMILES string of the molecule is C#CCN1C(=O)C(=O)c2cc(S(=O)(=O)N3CCC[C@H]3COc3ccccc3)ccc21. The highest BCUT2D eigenvalue weighted by molar-refractivity contribution is 7.89. The summed E-state index contributed by atoms with van der Waals surface area (Å²) in [5.74, 6) is 1.52. The molecule has 7 nitrogen and oxygen atoms in total. The third-order valence-corrected chi connectivity index (χ3v) is 7.26. The summed E-state index contributed by atoms with van der Waals surface area (Å²) < 4.78 is 33.7. The van der Waals surface area contributed by atoms with Crippen LogP contribution in [0.2, 0.25) is 0 Å². The molecule has 0 radical (unpaired) electrons. The van der Waals surface area contributed by atoms with Gasteiger partial charge in [-0.25, -0.2) is 8.42 Å². The number of carbonyl (C=O) groups is 2. The first-order valence-corrected chi connectivity index (χ1v) is 11.0. The van der Waals surface area contributed by atoms with Crippen molar-refractivity contribution in [3.05, 3.63) is 54.1 Å². The Kier molecular flexibility index (Phi) is 5.33. The summed E-state index contributed by atoms with van der Waals surface area (Å²) in [6.45, 7) is 0.564. The fourth-order valence-corrected chi connectivity index (χ4v) is 5.53. The van der Waals surface area contributed by atoms with Gasteiger partial charge in [0.25, 0.3) is 11.7 Å². The average molecular weight is 424 g/mol. The number of sulfonamides is 1. The van der Waals surface area contributed by atoms with E-state index in [2.05, 4.69) is 5.92 Å². The van der Waals surface area contributed by atoms with E-state index in [0.717, 1.165) is 6.42 Å². The van der Waals surface area contributed by atoms with Gasteiger partial charge in [-0.3, -0.25) is 14.5 Å². The lowest BCUT2D eigenvalue weighted by Crippen LogP contribution is -2.39. The molecular weight excluding hydrogens is 404 g/mol. The average Bonchev–Trinajstić information content (AvgIpc) is 3.33. The number of anilines is 1. The Morgan fingerprint density at radius 1 is 1.13 bits per heavy atom. The zero-order valence-electron chi connectivity index (χ0n) is 16.2. The molecule has 8 heteroatoms. The maximum absolute atomic E-state index is 13.3. The molecule has 1 atom stereocenters. The maximum Gasteiger partial charge on any atom is 0.300 e. The lowest BCUT2D eigenvalue weighted by molar-refractivity contribution is -0.114. The largest absolute Gasteiger partial charge is 0.492 e. The van der Waals surface area contributed by atoms with E-state index in [1.807, 2.05) is 30.3 Å². The molecule has 2 aromatic carbocycles. The van der Waals surface area contributed by atoms with Crippen LogP contribution >= 0.6 is 0 Å². The van der Waals surface area contributed by atoms with Crippen molar-refractivity contribution in [3.63, 3.8) is 0 Å². The van der Waals surface area contributed by atoms with Crippen molar-refractivity contribution < 1.29 is 22.7 Å². The summed E-state index contributed by atoms with van der Waals surface area (Å²) in [5.41, 5.74) is 0.403. The number of fused-ring (bicyclic) bond motifs is 1. The molecule has 1 saturated heterocycles. The number of ether oxygens (including phenoxy) is 1. The standard InChI is InChI=1S/C22H20N2O5S/c1-2-12-23-20-11-10-18(14-19(20)21(25)22(23)26)30(27,28)24-13-6-7-16(24)15-29-17-8-4-3-5-9-17/h1,3-5,8-11,14,16H,6-7,12-13,15H2/t16-/m0/s1. The fourth-order valence-electron chi connectivity index (χ4n) is 3.83. The Hall–Kier alpha value is -3.15. The Balaban J connectivity index is 1.58. The predicted octanol–water partition coefficient (Wildman–Crippen LogP) is 2.08. The van der Waals surface area contributed by atoms with Gasteiger partial charge in [-0.1, -0.05) is 24.1 Å². The monoisotopic (exact) mass is 424 g/mol. The Morgan fingerprint density at radius 2 is 1.90 bits per heavy atom. The zero-order valence-corrected chi connectivity index (χ0v) is 17.0. The van der Waals surface area contributed by atoms with Crippen molar-refractivity contribution in [3.8, 4) is 18.1 Å². The number of ketones is 1. The third kappa shape index (κ3) is 3.47. The van der Waals surface area contributed by atoms with Crippen molar-refractivity contribution in [1.29, 1.82) is 0 Å². The van der Waals surface area contributed by atoms with Crippen LogP contribution in [0.5, 0.6) is 5.75 Å². The number of hydrogen-bond acceptors (Lipinski definition) is 5. The van der Waals surface area contributed by atoms with Gasteiger partial charge < -0.3 is 4.74 Å². The third-order valence-electron chi connectivity index (χ3n) is 5.31. The normalized spacial score (nSPS) is 19.0. The number of benzene rings is 2. The Morgan fingerprint density at radius 3 is 2.63 bits per heavy atom. The summed E-state index contributed by atoms with van der Waals surface area (Å²) in [6.07, 6.45) is 6.68. The topological polar surface area (TPSA) is 84.0 Å². The van der Waals surface area contributed by atoms with Gasteiger partial charge in [0.1, 0.15) is 12.4 Å². The van der Waals surface area contributed by atoms with E-state index in [4.69, 9.17) is 11.2 Å². The molecule has 0 saturated carbocycles. The molecule has 0 unspecified atom stereocenters. The number of amides is 1. The number of rotatable bonds is 6. The number of nitrogens with zero attached hydrogens (tertiary/aromatic N) is 2. The summed E-state index contributed by atoms with van der Waals surface area (Å²) in [6, 6.07) is 13.1. The number of terminal acetylenes is 1. The summed E-state index contributed by atoms with van der Waals surface area (Å²) in [7, 11) is -3.85. The van der Waals surface area contributed by atoms with Gasteiger partial charge in [0.2, 0.25) is 10.0 Å². The van der Waals surface area contributed by atoms with Crippen molar-refractivity contribution in [1.82, 2.24) is 4.31 Å². The smallest absolute Gasteiger partial charge is 0.300 e.